The fourth-order valence-corrected chi connectivity index (χ4v) is 1.56. The van der Waals surface area contributed by atoms with Crippen molar-refractivity contribution < 1.29 is 23.9 Å². The maximum absolute atomic E-state index is 11.4. The number of ether oxygens (including phenoxy) is 1. The van der Waals surface area contributed by atoms with E-state index in [1.807, 2.05) is 0 Å². The summed E-state index contributed by atoms with van der Waals surface area (Å²) in [6, 6.07) is 0. The van der Waals surface area contributed by atoms with Crippen molar-refractivity contribution in [2.24, 2.45) is 0 Å². The number of amides is 3. The molecule has 1 rings (SSSR count). The highest BCUT2D eigenvalue weighted by atomic mass is 16.5. The summed E-state index contributed by atoms with van der Waals surface area (Å²) in [5.74, 6) is -1.41. The molecule has 0 atom stereocenters. The zero-order chi connectivity index (χ0) is 13.5. The third-order valence-electron chi connectivity index (χ3n) is 2.45. The largest absolute Gasteiger partial charge is 0.465 e. The molecule has 0 unspecified atom stereocenters. The molecule has 1 heterocycles. The van der Waals surface area contributed by atoms with Crippen LogP contribution >= 0.6 is 0 Å². The van der Waals surface area contributed by atoms with E-state index in [9.17, 15) is 19.2 Å². The van der Waals surface area contributed by atoms with Crippen LogP contribution in [-0.2, 0) is 23.9 Å². The molecule has 7 heteroatoms. The fraction of sp³-hybridized carbons (Fsp3) is 0.636. The Morgan fingerprint density at radius 2 is 1.89 bits per heavy atom. The summed E-state index contributed by atoms with van der Waals surface area (Å²) in [5, 5.41) is 2.36. The quantitative estimate of drug-likeness (QED) is 0.496. The molecular formula is C11H16N2O5. The zero-order valence-electron chi connectivity index (χ0n) is 10.2. The molecular weight excluding hydrogens is 240 g/mol. The summed E-state index contributed by atoms with van der Waals surface area (Å²) in [6.45, 7) is 1.79. The Hall–Kier alpha value is -1.92. The van der Waals surface area contributed by atoms with Crippen molar-refractivity contribution in [3.05, 3.63) is 0 Å². The lowest BCUT2D eigenvalue weighted by Crippen LogP contribution is -2.36. The van der Waals surface area contributed by atoms with E-state index < -0.39 is 11.9 Å². The van der Waals surface area contributed by atoms with Crippen LogP contribution in [0.5, 0.6) is 0 Å². The highest BCUT2D eigenvalue weighted by Gasteiger charge is 2.28. The average molecular weight is 256 g/mol. The molecule has 0 bridgehead atoms. The molecule has 1 N–H and O–H groups in total. The highest BCUT2D eigenvalue weighted by Crippen LogP contribution is 2.11. The Labute approximate surface area is 104 Å². The number of hydrogen-bond donors (Lipinski definition) is 1. The lowest BCUT2D eigenvalue weighted by molar-refractivity contribution is -0.144. The van der Waals surface area contributed by atoms with Gasteiger partial charge in [0.25, 0.3) is 0 Å². The number of esters is 1. The zero-order valence-corrected chi connectivity index (χ0v) is 10.2. The third-order valence-corrected chi connectivity index (χ3v) is 2.45. The smallest absolute Gasteiger partial charge is 0.325 e. The summed E-state index contributed by atoms with van der Waals surface area (Å²) in [7, 11) is 0. The Morgan fingerprint density at radius 1 is 1.28 bits per heavy atom. The van der Waals surface area contributed by atoms with Crippen molar-refractivity contribution >= 4 is 23.7 Å². The number of carbonyl (C=O) groups is 4. The standard InChI is InChI=1S/C11H16N2O5/c1-2-18-11(17)7-12-8(14)5-6-13-9(15)3-4-10(13)16/h2-7H2,1H3,(H,12,14). The summed E-state index contributed by atoms with van der Waals surface area (Å²) in [6.07, 6.45) is 0.420. The van der Waals surface area contributed by atoms with E-state index in [0.717, 1.165) is 4.90 Å². The van der Waals surface area contributed by atoms with Crippen LogP contribution in [0, 0.1) is 0 Å². The molecule has 0 aromatic rings. The van der Waals surface area contributed by atoms with Gasteiger partial charge < -0.3 is 10.1 Å². The van der Waals surface area contributed by atoms with Crippen LogP contribution in [0.15, 0.2) is 0 Å². The first-order valence-electron chi connectivity index (χ1n) is 5.80. The van der Waals surface area contributed by atoms with Crippen molar-refractivity contribution in [3.8, 4) is 0 Å². The maximum Gasteiger partial charge on any atom is 0.325 e. The first-order valence-corrected chi connectivity index (χ1v) is 5.80. The minimum Gasteiger partial charge on any atom is -0.465 e. The van der Waals surface area contributed by atoms with E-state index in [1.165, 1.54) is 0 Å². The molecule has 0 radical (unpaired) electrons. The summed E-state index contributed by atoms with van der Waals surface area (Å²) in [4.78, 5) is 45.9. The van der Waals surface area contributed by atoms with Crippen LogP contribution in [0.25, 0.3) is 0 Å². The van der Waals surface area contributed by atoms with E-state index in [-0.39, 0.29) is 50.8 Å². The van der Waals surface area contributed by atoms with Gasteiger partial charge in [-0.05, 0) is 6.92 Å². The summed E-state index contributed by atoms with van der Waals surface area (Å²) < 4.78 is 4.63. The van der Waals surface area contributed by atoms with Gasteiger partial charge in [0.1, 0.15) is 6.54 Å². The third kappa shape index (κ3) is 4.15. The van der Waals surface area contributed by atoms with Gasteiger partial charge in [-0.2, -0.15) is 0 Å². The minimum absolute atomic E-state index is 0.00309. The van der Waals surface area contributed by atoms with Gasteiger partial charge in [0.2, 0.25) is 17.7 Å². The first-order chi connectivity index (χ1) is 8.54. The molecule has 3 amide bonds. The van der Waals surface area contributed by atoms with Crippen molar-refractivity contribution in [1.82, 2.24) is 10.2 Å². The van der Waals surface area contributed by atoms with Gasteiger partial charge in [-0.15, -0.1) is 0 Å². The second-order valence-corrected chi connectivity index (χ2v) is 3.77. The number of rotatable bonds is 6. The molecule has 0 spiro atoms. The van der Waals surface area contributed by atoms with E-state index in [1.54, 1.807) is 6.92 Å². The Balaban J connectivity index is 2.23. The van der Waals surface area contributed by atoms with Crippen LogP contribution in [-0.4, -0.2) is 48.3 Å². The monoisotopic (exact) mass is 256 g/mol. The molecule has 100 valence electrons. The normalized spacial score (nSPS) is 14.8. The average Bonchev–Trinajstić information content (AvgIpc) is 2.64. The predicted octanol–water partition coefficient (Wildman–Crippen LogP) is -0.795. The van der Waals surface area contributed by atoms with Crippen LogP contribution in [0.2, 0.25) is 0 Å². The lowest BCUT2D eigenvalue weighted by atomic mass is 10.3. The van der Waals surface area contributed by atoms with Crippen LogP contribution in [0.1, 0.15) is 26.2 Å². The van der Waals surface area contributed by atoms with E-state index in [0.29, 0.717) is 0 Å². The van der Waals surface area contributed by atoms with Gasteiger partial charge >= 0.3 is 5.97 Å². The van der Waals surface area contributed by atoms with Gasteiger partial charge in [-0.1, -0.05) is 0 Å². The fourth-order valence-electron chi connectivity index (χ4n) is 1.56. The highest BCUT2D eigenvalue weighted by molar-refractivity contribution is 6.02. The number of nitrogens with zero attached hydrogens (tertiary/aromatic N) is 1. The Morgan fingerprint density at radius 3 is 2.44 bits per heavy atom. The second kappa shape index (κ2) is 6.73. The maximum atomic E-state index is 11.4. The molecule has 0 aromatic heterocycles. The van der Waals surface area contributed by atoms with Crippen LogP contribution < -0.4 is 5.32 Å². The van der Waals surface area contributed by atoms with Crippen molar-refractivity contribution in [1.29, 1.82) is 0 Å². The predicted molar refractivity (Wildman–Crippen MR) is 60.2 cm³/mol. The molecule has 0 aromatic carbocycles. The van der Waals surface area contributed by atoms with Gasteiger partial charge in [0.15, 0.2) is 0 Å². The van der Waals surface area contributed by atoms with Crippen LogP contribution in [0.3, 0.4) is 0 Å². The molecule has 1 aliphatic rings. The molecule has 1 saturated heterocycles. The van der Waals surface area contributed by atoms with Crippen molar-refractivity contribution in [2.75, 3.05) is 19.7 Å². The van der Waals surface area contributed by atoms with Gasteiger partial charge in [0, 0.05) is 25.8 Å². The summed E-state index contributed by atoms with van der Waals surface area (Å²) in [5.41, 5.74) is 0. The van der Waals surface area contributed by atoms with E-state index >= 15 is 0 Å². The van der Waals surface area contributed by atoms with Crippen molar-refractivity contribution in [3.63, 3.8) is 0 Å². The number of nitrogens with one attached hydrogen (secondary N) is 1. The van der Waals surface area contributed by atoms with Gasteiger partial charge in [-0.3, -0.25) is 24.1 Å². The first kappa shape index (κ1) is 14.1. The van der Waals surface area contributed by atoms with E-state index in [4.69, 9.17) is 0 Å². The molecule has 1 fully saturated rings. The van der Waals surface area contributed by atoms with Crippen molar-refractivity contribution in [2.45, 2.75) is 26.2 Å². The Bertz CT molecular complexity index is 350. The van der Waals surface area contributed by atoms with Gasteiger partial charge in [0.05, 0.1) is 6.61 Å². The summed E-state index contributed by atoms with van der Waals surface area (Å²) >= 11 is 0. The number of imide groups is 1. The number of likely N-dealkylation sites (tertiary alicyclic amines) is 1. The SMILES string of the molecule is CCOC(=O)CNC(=O)CCN1C(=O)CCC1=O. The molecule has 1 aliphatic heterocycles. The molecule has 0 aliphatic carbocycles. The topological polar surface area (TPSA) is 92.8 Å². The molecule has 7 nitrogen and oxygen atoms in total. The van der Waals surface area contributed by atoms with E-state index in [2.05, 4.69) is 10.1 Å². The lowest BCUT2D eigenvalue weighted by Gasteiger charge is -2.13. The number of carbonyl (C=O) groups excluding carboxylic acids is 4. The van der Waals surface area contributed by atoms with Gasteiger partial charge in [-0.25, -0.2) is 0 Å². The molecule has 18 heavy (non-hydrogen) atoms. The minimum atomic E-state index is -0.515. The Kier molecular flexibility index (Phi) is 5.29. The number of hydrogen-bond acceptors (Lipinski definition) is 5. The van der Waals surface area contributed by atoms with Crippen LogP contribution in [0.4, 0.5) is 0 Å². The second-order valence-electron chi connectivity index (χ2n) is 3.77. The molecule has 0 saturated carbocycles.